The van der Waals surface area contributed by atoms with Crippen LogP contribution in [-0.2, 0) is 0 Å². The maximum Gasteiger partial charge on any atom is 0.180 e. The highest BCUT2D eigenvalue weighted by atomic mass is 79.9. The summed E-state index contributed by atoms with van der Waals surface area (Å²) in [5, 5.41) is 9.34. The molecule has 4 nitrogen and oxygen atoms in total. The van der Waals surface area contributed by atoms with Gasteiger partial charge in [0.1, 0.15) is 0 Å². The van der Waals surface area contributed by atoms with Gasteiger partial charge in [0, 0.05) is 29.0 Å². The van der Waals surface area contributed by atoms with Crippen LogP contribution in [0.5, 0.6) is 0 Å². The molecule has 0 saturated carbocycles. The van der Waals surface area contributed by atoms with E-state index >= 15 is 0 Å². The van der Waals surface area contributed by atoms with Crippen LogP contribution < -0.4 is 5.73 Å². The maximum atomic E-state index is 5.69. The van der Waals surface area contributed by atoms with E-state index in [9.17, 15) is 0 Å². The molecule has 1 aromatic heterocycles. The zero-order valence-electron chi connectivity index (χ0n) is 9.42. The maximum absolute atomic E-state index is 5.69. The van der Waals surface area contributed by atoms with E-state index in [4.69, 9.17) is 5.73 Å². The van der Waals surface area contributed by atoms with Crippen LogP contribution in [0.4, 0.5) is 0 Å². The van der Waals surface area contributed by atoms with Gasteiger partial charge in [0.05, 0.1) is 6.21 Å². The molecule has 1 heterocycles. The Labute approximate surface area is 114 Å². The van der Waals surface area contributed by atoms with Crippen molar-refractivity contribution in [3.8, 4) is 0 Å². The number of hydrogen-bond acceptors (Lipinski definition) is 4. The molecular weight excluding hydrogens is 300 g/mol. The summed E-state index contributed by atoms with van der Waals surface area (Å²) in [6, 6.07) is 3.76. The second kappa shape index (κ2) is 9.18. The molecule has 92 valence electrons. The molecule has 0 amide bonds. The number of alkyl halides is 1. The first-order valence-electron chi connectivity index (χ1n) is 5.28. The van der Waals surface area contributed by atoms with E-state index in [0.29, 0.717) is 5.17 Å². The third-order valence-electron chi connectivity index (χ3n) is 1.83. The van der Waals surface area contributed by atoms with Gasteiger partial charge < -0.3 is 5.73 Å². The second-order valence-corrected chi connectivity index (χ2v) is 5.12. The standard InChI is InChI=1S/C11H15BrN4S/c12-5-1-2-7-17-11(13)16-15-9-10-4-3-6-14-8-10/h3-4,6,8-9H,1-2,5,7H2,(H2,13,16)/b15-9+. The first-order valence-corrected chi connectivity index (χ1v) is 7.39. The smallest absolute Gasteiger partial charge is 0.180 e. The summed E-state index contributed by atoms with van der Waals surface area (Å²) >= 11 is 4.91. The van der Waals surface area contributed by atoms with Gasteiger partial charge in [-0.1, -0.05) is 33.8 Å². The zero-order valence-corrected chi connectivity index (χ0v) is 11.8. The molecule has 0 aliphatic carbocycles. The average Bonchev–Trinajstić information content (AvgIpc) is 2.36. The van der Waals surface area contributed by atoms with E-state index in [0.717, 1.165) is 29.5 Å². The monoisotopic (exact) mass is 314 g/mol. The lowest BCUT2D eigenvalue weighted by Gasteiger charge is -1.97. The first-order chi connectivity index (χ1) is 8.33. The Morgan fingerprint density at radius 1 is 1.53 bits per heavy atom. The number of pyridine rings is 1. The van der Waals surface area contributed by atoms with Gasteiger partial charge >= 0.3 is 0 Å². The minimum atomic E-state index is 0.500. The van der Waals surface area contributed by atoms with Crippen molar-refractivity contribution in [2.45, 2.75) is 12.8 Å². The Hall–Kier alpha value is -0.880. The topological polar surface area (TPSA) is 63.6 Å². The van der Waals surface area contributed by atoms with Crippen LogP contribution in [0.15, 0.2) is 34.7 Å². The molecule has 0 atom stereocenters. The molecule has 0 unspecified atom stereocenters. The van der Waals surface area contributed by atoms with Crippen molar-refractivity contribution in [1.82, 2.24) is 4.98 Å². The van der Waals surface area contributed by atoms with E-state index in [1.807, 2.05) is 12.1 Å². The third kappa shape index (κ3) is 7.12. The molecule has 0 spiro atoms. The van der Waals surface area contributed by atoms with E-state index < -0.39 is 0 Å². The Balaban J connectivity index is 2.30. The molecule has 17 heavy (non-hydrogen) atoms. The summed E-state index contributed by atoms with van der Waals surface area (Å²) in [7, 11) is 0. The van der Waals surface area contributed by atoms with Crippen molar-refractivity contribution < 1.29 is 0 Å². The number of hydrogen-bond donors (Lipinski definition) is 1. The van der Waals surface area contributed by atoms with Gasteiger partial charge in [0.25, 0.3) is 0 Å². The van der Waals surface area contributed by atoms with Crippen molar-refractivity contribution in [2.24, 2.45) is 15.9 Å². The Morgan fingerprint density at radius 3 is 3.12 bits per heavy atom. The normalized spacial score (nSPS) is 12.2. The van der Waals surface area contributed by atoms with Crippen LogP contribution >= 0.6 is 27.7 Å². The lowest BCUT2D eigenvalue weighted by molar-refractivity contribution is 0.915. The quantitative estimate of drug-likeness (QED) is 0.289. The SMILES string of the molecule is N/C(=N\N=C\c1cccnc1)SCCCCBr. The number of thioether (sulfide) groups is 1. The number of rotatable bonds is 6. The summed E-state index contributed by atoms with van der Waals surface area (Å²) in [6.07, 6.45) is 7.35. The number of amidine groups is 1. The van der Waals surface area contributed by atoms with Crippen LogP contribution in [0.25, 0.3) is 0 Å². The van der Waals surface area contributed by atoms with Crippen molar-refractivity contribution in [1.29, 1.82) is 0 Å². The first kappa shape index (κ1) is 14.2. The van der Waals surface area contributed by atoms with Crippen LogP contribution in [0.1, 0.15) is 18.4 Å². The zero-order chi connectivity index (χ0) is 12.3. The summed E-state index contributed by atoms with van der Waals surface area (Å²) in [5.41, 5.74) is 6.60. The molecule has 0 aromatic carbocycles. The summed E-state index contributed by atoms with van der Waals surface area (Å²) in [4.78, 5) is 3.97. The molecule has 2 N–H and O–H groups in total. The molecule has 0 radical (unpaired) electrons. The summed E-state index contributed by atoms with van der Waals surface area (Å²) in [5.74, 6) is 0.976. The Kier molecular flexibility index (Phi) is 7.66. The van der Waals surface area contributed by atoms with Crippen molar-refractivity contribution >= 4 is 39.1 Å². The van der Waals surface area contributed by atoms with Gasteiger partial charge in [-0.25, -0.2) is 0 Å². The van der Waals surface area contributed by atoms with E-state index in [1.54, 1.807) is 18.6 Å². The molecule has 1 rings (SSSR count). The van der Waals surface area contributed by atoms with Gasteiger partial charge in [-0.3, -0.25) is 4.98 Å². The molecule has 6 heteroatoms. The van der Waals surface area contributed by atoms with Gasteiger partial charge in [-0.05, 0) is 18.9 Å². The number of unbranched alkanes of at least 4 members (excludes halogenated alkanes) is 1. The lowest BCUT2D eigenvalue weighted by Crippen LogP contribution is -2.06. The molecule has 0 aliphatic rings. The summed E-state index contributed by atoms with van der Waals surface area (Å²) < 4.78 is 0. The van der Waals surface area contributed by atoms with Crippen LogP contribution in [-0.4, -0.2) is 27.4 Å². The molecule has 0 bridgehead atoms. The van der Waals surface area contributed by atoms with Gasteiger partial charge in [-0.2, -0.15) is 5.10 Å². The highest BCUT2D eigenvalue weighted by Gasteiger charge is 1.93. The van der Waals surface area contributed by atoms with Crippen LogP contribution in [0.3, 0.4) is 0 Å². The lowest BCUT2D eigenvalue weighted by atomic mass is 10.3. The molecule has 0 fully saturated rings. The highest BCUT2D eigenvalue weighted by molar-refractivity contribution is 9.09. The largest absolute Gasteiger partial charge is 0.377 e. The number of nitrogens with two attached hydrogens (primary N) is 1. The van der Waals surface area contributed by atoms with Crippen LogP contribution in [0.2, 0.25) is 0 Å². The van der Waals surface area contributed by atoms with Crippen LogP contribution in [0, 0.1) is 0 Å². The van der Waals surface area contributed by atoms with Crippen molar-refractivity contribution in [3.63, 3.8) is 0 Å². The van der Waals surface area contributed by atoms with Crippen molar-refractivity contribution in [2.75, 3.05) is 11.1 Å². The highest BCUT2D eigenvalue weighted by Crippen LogP contribution is 2.05. The summed E-state index contributed by atoms with van der Waals surface area (Å²) in [6.45, 7) is 0. The molecule has 0 saturated heterocycles. The minimum absolute atomic E-state index is 0.500. The molecular formula is C11H15BrN4S. The van der Waals surface area contributed by atoms with Gasteiger partial charge in [0.15, 0.2) is 5.17 Å². The fourth-order valence-corrected chi connectivity index (χ4v) is 2.07. The van der Waals surface area contributed by atoms with Gasteiger partial charge in [-0.15, -0.1) is 5.10 Å². The van der Waals surface area contributed by atoms with E-state index in [2.05, 4.69) is 31.1 Å². The fourth-order valence-electron chi connectivity index (χ4n) is 1.01. The second-order valence-electron chi connectivity index (χ2n) is 3.21. The minimum Gasteiger partial charge on any atom is -0.377 e. The van der Waals surface area contributed by atoms with Crippen molar-refractivity contribution in [3.05, 3.63) is 30.1 Å². The average molecular weight is 315 g/mol. The van der Waals surface area contributed by atoms with E-state index in [-0.39, 0.29) is 0 Å². The predicted octanol–water partition coefficient (Wildman–Crippen LogP) is 2.64. The third-order valence-corrected chi connectivity index (χ3v) is 3.26. The number of halogens is 1. The Morgan fingerprint density at radius 2 is 2.41 bits per heavy atom. The fraction of sp³-hybridized carbons (Fsp3) is 0.364. The molecule has 0 aliphatic heterocycles. The Bertz CT molecular complexity index is 367. The number of aromatic nitrogens is 1. The molecule has 1 aromatic rings. The predicted molar refractivity (Wildman–Crippen MR) is 78.9 cm³/mol. The van der Waals surface area contributed by atoms with E-state index in [1.165, 1.54) is 11.8 Å². The van der Waals surface area contributed by atoms with Gasteiger partial charge in [0.2, 0.25) is 0 Å². The number of nitrogens with zero attached hydrogens (tertiary/aromatic N) is 3.